The Morgan fingerprint density at radius 2 is 1.60 bits per heavy atom. The van der Waals surface area contributed by atoms with Gasteiger partial charge in [0, 0.05) is 12.8 Å². The summed E-state index contributed by atoms with van der Waals surface area (Å²) >= 11 is 0. The van der Waals surface area contributed by atoms with Crippen LogP contribution in [0.4, 0.5) is 0 Å². The Morgan fingerprint density at radius 1 is 0.960 bits per heavy atom. The summed E-state index contributed by atoms with van der Waals surface area (Å²) in [5.41, 5.74) is 3.26. The minimum Gasteiger partial charge on any atom is -0.481 e. The summed E-state index contributed by atoms with van der Waals surface area (Å²) in [6, 6.07) is 17.6. The summed E-state index contributed by atoms with van der Waals surface area (Å²) in [6.07, 6.45) is 2.67. The summed E-state index contributed by atoms with van der Waals surface area (Å²) in [5, 5.41) is 11.8. The van der Waals surface area contributed by atoms with E-state index in [2.05, 4.69) is 5.32 Å². The molecule has 0 fully saturated rings. The van der Waals surface area contributed by atoms with Crippen LogP contribution in [0.15, 0.2) is 54.6 Å². The molecule has 0 heterocycles. The van der Waals surface area contributed by atoms with Crippen LogP contribution in [0.2, 0.25) is 0 Å². The van der Waals surface area contributed by atoms with E-state index in [-0.39, 0.29) is 18.2 Å². The van der Waals surface area contributed by atoms with E-state index in [1.54, 1.807) is 0 Å². The van der Waals surface area contributed by atoms with E-state index in [0.717, 1.165) is 23.1 Å². The second-order valence-electron chi connectivity index (χ2n) is 6.24. The van der Waals surface area contributed by atoms with Crippen molar-refractivity contribution >= 4 is 11.8 Å². The van der Waals surface area contributed by atoms with Crippen molar-refractivity contribution in [3.8, 4) is 0 Å². The fraction of sp³-hybridized carbons (Fsp3) is 0.333. The topological polar surface area (TPSA) is 66.4 Å². The Bertz CT molecular complexity index is 680. The first kappa shape index (κ1) is 18.9. The van der Waals surface area contributed by atoms with Crippen molar-refractivity contribution in [1.29, 1.82) is 0 Å². The Labute approximate surface area is 148 Å². The number of hydrogen-bond donors (Lipinski definition) is 2. The number of hydrogen-bond acceptors (Lipinski definition) is 3. The lowest BCUT2D eigenvalue weighted by molar-refractivity contribution is -0.137. The number of rotatable bonds is 10. The number of nitrogens with one attached hydrogen (secondary N) is 1. The smallest absolute Gasteiger partial charge is 0.303 e. The first-order valence-electron chi connectivity index (χ1n) is 8.62. The van der Waals surface area contributed by atoms with E-state index in [1.807, 2.05) is 61.6 Å². The number of carbonyl (C=O) groups excluding carboxylic acids is 1. The van der Waals surface area contributed by atoms with Crippen LogP contribution in [-0.4, -0.2) is 29.9 Å². The van der Waals surface area contributed by atoms with Gasteiger partial charge in [-0.2, -0.15) is 0 Å². The molecule has 1 atom stereocenters. The molecule has 2 N–H and O–H groups in total. The monoisotopic (exact) mass is 339 g/mol. The largest absolute Gasteiger partial charge is 0.481 e. The molecule has 132 valence electrons. The predicted octanol–water partition coefficient (Wildman–Crippen LogP) is 3.04. The molecule has 0 aliphatic carbocycles. The van der Waals surface area contributed by atoms with Crippen LogP contribution in [0.3, 0.4) is 0 Å². The van der Waals surface area contributed by atoms with Crippen molar-refractivity contribution in [2.24, 2.45) is 0 Å². The molecule has 0 saturated carbocycles. The number of benzene rings is 2. The normalized spacial score (nSPS) is 11.9. The lowest BCUT2D eigenvalue weighted by Gasteiger charge is -2.15. The lowest BCUT2D eigenvalue weighted by Crippen LogP contribution is -2.37. The molecule has 4 nitrogen and oxygen atoms in total. The molecule has 0 aromatic heterocycles. The number of likely N-dealkylation sites (N-methyl/N-ethyl adjacent to an activating group) is 1. The van der Waals surface area contributed by atoms with E-state index in [9.17, 15) is 9.59 Å². The average Bonchev–Trinajstić information content (AvgIpc) is 2.61. The zero-order valence-corrected chi connectivity index (χ0v) is 14.6. The zero-order chi connectivity index (χ0) is 18.1. The molecule has 2 rings (SSSR count). The number of aryl methyl sites for hydroxylation is 1. The van der Waals surface area contributed by atoms with E-state index >= 15 is 0 Å². The van der Waals surface area contributed by atoms with Crippen LogP contribution >= 0.6 is 0 Å². The number of aliphatic carboxylic acids is 1. The van der Waals surface area contributed by atoms with Gasteiger partial charge in [-0.05, 0) is 43.0 Å². The van der Waals surface area contributed by atoms with Crippen molar-refractivity contribution in [1.82, 2.24) is 5.32 Å². The van der Waals surface area contributed by atoms with E-state index in [4.69, 9.17) is 5.11 Å². The van der Waals surface area contributed by atoms with Crippen LogP contribution in [0.25, 0.3) is 0 Å². The van der Waals surface area contributed by atoms with Gasteiger partial charge in [-0.1, -0.05) is 54.6 Å². The first-order valence-corrected chi connectivity index (χ1v) is 8.62. The summed E-state index contributed by atoms with van der Waals surface area (Å²) in [5.74, 6) is -0.579. The van der Waals surface area contributed by atoms with Crippen LogP contribution < -0.4 is 5.32 Å². The van der Waals surface area contributed by atoms with Gasteiger partial charge in [0.05, 0.1) is 6.04 Å². The van der Waals surface area contributed by atoms with Gasteiger partial charge in [0.1, 0.15) is 0 Å². The molecule has 4 heteroatoms. The molecule has 0 spiro atoms. The molecular formula is C21H25NO3. The summed E-state index contributed by atoms with van der Waals surface area (Å²) < 4.78 is 0. The highest BCUT2D eigenvalue weighted by Crippen LogP contribution is 2.11. The minimum absolute atomic E-state index is 0.180. The molecule has 0 radical (unpaired) electrons. The van der Waals surface area contributed by atoms with Gasteiger partial charge in [-0.15, -0.1) is 0 Å². The number of Topliss-reactive ketones (excluding diaryl/α,β-unsaturated/α-hetero) is 1. The minimum atomic E-state index is -0.759. The second kappa shape index (κ2) is 9.74. The molecular weight excluding hydrogens is 314 g/mol. The maximum absolute atomic E-state index is 12.5. The Kier molecular flexibility index (Phi) is 7.36. The summed E-state index contributed by atoms with van der Waals surface area (Å²) in [4.78, 5) is 23.1. The first-order chi connectivity index (χ1) is 12.1. The Balaban J connectivity index is 1.89. The molecule has 0 saturated heterocycles. The second-order valence-corrected chi connectivity index (χ2v) is 6.24. The van der Waals surface area contributed by atoms with E-state index < -0.39 is 5.97 Å². The van der Waals surface area contributed by atoms with Crippen LogP contribution in [0.1, 0.15) is 29.5 Å². The molecule has 0 amide bonds. The van der Waals surface area contributed by atoms with Crippen molar-refractivity contribution in [2.45, 2.75) is 38.1 Å². The molecule has 25 heavy (non-hydrogen) atoms. The molecule has 0 aliphatic rings. The third kappa shape index (κ3) is 6.51. The van der Waals surface area contributed by atoms with Gasteiger partial charge >= 0.3 is 5.97 Å². The quantitative estimate of drug-likeness (QED) is 0.698. The summed E-state index contributed by atoms with van der Waals surface area (Å²) in [7, 11) is 1.81. The molecule has 0 bridgehead atoms. The standard InChI is InChI=1S/C21H25NO3/c1-22-19(20(23)15-17-6-3-2-4-7-17)14-18-12-10-16(11-13-18)8-5-9-21(24)25/h2-4,6-7,10-13,19,22H,5,8-9,14-15H2,1H3,(H,24,25). The third-order valence-electron chi connectivity index (χ3n) is 4.28. The zero-order valence-electron chi connectivity index (χ0n) is 14.6. The number of carboxylic acid groups (broad SMARTS) is 1. The highest BCUT2D eigenvalue weighted by molar-refractivity contribution is 5.86. The highest BCUT2D eigenvalue weighted by Gasteiger charge is 2.17. The van der Waals surface area contributed by atoms with Gasteiger partial charge in [0.15, 0.2) is 5.78 Å². The molecule has 2 aromatic rings. The maximum atomic E-state index is 12.5. The summed E-state index contributed by atoms with van der Waals surface area (Å²) in [6.45, 7) is 0. The van der Waals surface area contributed by atoms with Crippen molar-refractivity contribution < 1.29 is 14.7 Å². The number of ketones is 1. The van der Waals surface area contributed by atoms with Crippen molar-refractivity contribution in [3.05, 3.63) is 71.3 Å². The number of carboxylic acids is 1. The Hall–Kier alpha value is -2.46. The SMILES string of the molecule is CNC(Cc1ccc(CCCC(=O)O)cc1)C(=O)Cc1ccccc1. The van der Waals surface area contributed by atoms with Crippen molar-refractivity contribution in [2.75, 3.05) is 7.05 Å². The lowest BCUT2D eigenvalue weighted by atomic mass is 9.97. The predicted molar refractivity (Wildman–Crippen MR) is 98.7 cm³/mol. The maximum Gasteiger partial charge on any atom is 0.303 e. The number of carbonyl (C=O) groups is 2. The van der Waals surface area contributed by atoms with E-state index in [0.29, 0.717) is 19.3 Å². The van der Waals surface area contributed by atoms with Crippen LogP contribution in [-0.2, 0) is 28.9 Å². The van der Waals surface area contributed by atoms with Gasteiger partial charge in [-0.25, -0.2) is 0 Å². The molecule has 1 unspecified atom stereocenters. The Morgan fingerprint density at radius 3 is 2.20 bits per heavy atom. The van der Waals surface area contributed by atoms with Gasteiger partial charge in [0.2, 0.25) is 0 Å². The fourth-order valence-corrected chi connectivity index (χ4v) is 2.82. The third-order valence-corrected chi connectivity index (χ3v) is 4.28. The van der Waals surface area contributed by atoms with Gasteiger partial charge < -0.3 is 10.4 Å². The van der Waals surface area contributed by atoms with Crippen LogP contribution in [0, 0.1) is 0 Å². The van der Waals surface area contributed by atoms with E-state index in [1.165, 1.54) is 0 Å². The van der Waals surface area contributed by atoms with Gasteiger partial charge in [-0.3, -0.25) is 9.59 Å². The average molecular weight is 339 g/mol. The molecule has 2 aromatic carbocycles. The van der Waals surface area contributed by atoms with Crippen LogP contribution in [0.5, 0.6) is 0 Å². The van der Waals surface area contributed by atoms with Crippen molar-refractivity contribution in [3.63, 3.8) is 0 Å². The highest BCUT2D eigenvalue weighted by atomic mass is 16.4. The molecule has 0 aliphatic heterocycles. The van der Waals surface area contributed by atoms with Gasteiger partial charge in [0.25, 0.3) is 0 Å². The fourth-order valence-electron chi connectivity index (χ4n) is 2.82.